The lowest BCUT2D eigenvalue weighted by atomic mass is 10.0. The average molecular weight is 222 g/mol. The Kier molecular flexibility index (Phi) is 2.99. The summed E-state index contributed by atoms with van der Waals surface area (Å²) >= 11 is 0. The molecule has 0 saturated carbocycles. The monoisotopic (exact) mass is 222 g/mol. The van der Waals surface area contributed by atoms with Gasteiger partial charge in [0.15, 0.2) is 5.69 Å². The van der Waals surface area contributed by atoms with Crippen molar-refractivity contribution in [2.45, 2.75) is 52.0 Å². The van der Waals surface area contributed by atoms with Crippen LogP contribution in [0.1, 0.15) is 61.0 Å². The van der Waals surface area contributed by atoms with E-state index in [1.807, 2.05) is 11.5 Å². The maximum Gasteiger partial charge on any atom is 0.354 e. The molecule has 1 atom stereocenters. The first-order valence-electron chi connectivity index (χ1n) is 5.97. The molecule has 1 aromatic heterocycles. The molecule has 4 nitrogen and oxygen atoms in total. The van der Waals surface area contributed by atoms with Gasteiger partial charge in [0.05, 0.1) is 5.69 Å². The van der Waals surface area contributed by atoms with Gasteiger partial charge in [-0.2, -0.15) is 0 Å². The summed E-state index contributed by atoms with van der Waals surface area (Å²) in [6.45, 7) is 4.91. The van der Waals surface area contributed by atoms with E-state index in [0.717, 1.165) is 43.7 Å². The van der Waals surface area contributed by atoms with Gasteiger partial charge < -0.3 is 9.67 Å². The first-order valence-corrected chi connectivity index (χ1v) is 5.97. The number of rotatable bonds is 3. The number of carboxylic acid groups (broad SMARTS) is 1. The minimum Gasteiger partial charge on any atom is -0.477 e. The molecule has 2 rings (SSSR count). The van der Waals surface area contributed by atoms with Gasteiger partial charge in [0, 0.05) is 18.9 Å². The Bertz CT molecular complexity index is 409. The highest BCUT2D eigenvalue weighted by atomic mass is 16.4. The average Bonchev–Trinajstić information content (AvgIpc) is 2.67. The van der Waals surface area contributed by atoms with Crippen LogP contribution in [0.3, 0.4) is 0 Å². The number of hydrogen-bond donors (Lipinski definition) is 1. The van der Waals surface area contributed by atoms with E-state index in [0.29, 0.717) is 5.69 Å². The fourth-order valence-electron chi connectivity index (χ4n) is 2.27. The van der Waals surface area contributed by atoms with Gasteiger partial charge in [-0.3, -0.25) is 0 Å². The maximum absolute atomic E-state index is 11.3. The van der Waals surface area contributed by atoms with Crippen LogP contribution in [0.2, 0.25) is 0 Å². The van der Waals surface area contributed by atoms with Crippen LogP contribution in [0.5, 0.6) is 0 Å². The summed E-state index contributed by atoms with van der Waals surface area (Å²) in [5.41, 5.74) is 1.19. The van der Waals surface area contributed by atoms with Crippen molar-refractivity contribution < 1.29 is 9.90 Å². The quantitative estimate of drug-likeness (QED) is 0.854. The van der Waals surface area contributed by atoms with E-state index in [2.05, 4.69) is 11.9 Å². The highest BCUT2D eigenvalue weighted by Gasteiger charge is 2.26. The Morgan fingerprint density at radius 2 is 2.31 bits per heavy atom. The van der Waals surface area contributed by atoms with E-state index in [4.69, 9.17) is 0 Å². The molecule has 4 heteroatoms. The molecule has 1 aliphatic rings. The Hall–Kier alpha value is -1.32. The van der Waals surface area contributed by atoms with E-state index >= 15 is 0 Å². The van der Waals surface area contributed by atoms with Crippen molar-refractivity contribution in [3.63, 3.8) is 0 Å². The smallest absolute Gasteiger partial charge is 0.354 e. The van der Waals surface area contributed by atoms with Gasteiger partial charge in [-0.1, -0.05) is 13.8 Å². The molecule has 88 valence electrons. The standard InChI is InChI=1S/C12H18N2O2/c1-3-8(2)10-11(12(15)16)14-7-5-4-6-9(14)13-10/h8H,3-7H2,1-2H3,(H,15,16)/t8-/m1/s1. The number of fused-ring (bicyclic) bond motifs is 1. The summed E-state index contributed by atoms with van der Waals surface area (Å²) in [5.74, 6) is 0.346. The molecule has 16 heavy (non-hydrogen) atoms. The molecule has 1 aliphatic heterocycles. The summed E-state index contributed by atoms with van der Waals surface area (Å²) in [7, 11) is 0. The van der Waals surface area contributed by atoms with E-state index in [1.165, 1.54) is 0 Å². The summed E-state index contributed by atoms with van der Waals surface area (Å²) in [6.07, 6.45) is 4.02. The number of aryl methyl sites for hydroxylation is 1. The van der Waals surface area contributed by atoms with Crippen LogP contribution in [0, 0.1) is 0 Å². The predicted octanol–water partition coefficient (Wildman–Crippen LogP) is 2.43. The topological polar surface area (TPSA) is 55.1 Å². The van der Waals surface area contributed by atoms with Crippen LogP contribution >= 0.6 is 0 Å². The molecule has 1 N–H and O–H groups in total. The Morgan fingerprint density at radius 3 is 2.94 bits per heavy atom. The van der Waals surface area contributed by atoms with Crippen molar-refractivity contribution in [1.82, 2.24) is 9.55 Å². The number of hydrogen-bond acceptors (Lipinski definition) is 2. The van der Waals surface area contributed by atoms with Gasteiger partial charge in [-0.05, 0) is 19.3 Å². The molecular formula is C12H18N2O2. The number of carbonyl (C=O) groups is 1. The van der Waals surface area contributed by atoms with E-state index in [-0.39, 0.29) is 5.92 Å². The van der Waals surface area contributed by atoms with Crippen molar-refractivity contribution in [2.75, 3.05) is 0 Å². The first-order chi connectivity index (χ1) is 7.65. The largest absolute Gasteiger partial charge is 0.477 e. The zero-order valence-electron chi connectivity index (χ0n) is 9.86. The van der Waals surface area contributed by atoms with Gasteiger partial charge in [0.1, 0.15) is 5.82 Å². The molecule has 0 fully saturated rings. The zero-order valence-corrected chi connectivity index (χ0v) is 9.86. The van der Waals surface area contributed by atoms with Crippen LogP contribution < -0.4 is 0 Å². The fraction of sp³-hybridized carbons (Fsp3) is 0.667. The molecule has 0 amide bonds. The summed E-state index contributed by atoms with van der Waals surface area (Å²) in [6, 6.07) is 0. The highest BCUT2D eigenvalue weighted by molar-refractivity contribution is 5.87. The number of imidazole rings is 1. The number of nitrogens with zero attached hydrogens (tertiary/aromatic N) is 2. The maximum atomic E-state index is 11.3. The first kappa shape index (κ1) is 11.2. The number of carboxylic acids is 1. The molecule has 0 aliphatic carbocycles. The normalized spacial score (nSPS) is 16.9. The van der Waals surface area contributed by atoms with Crippen molar-refractivity contribution in [3.05, 3.63) is 17.2 Å². The Balaban J connectivity index is 2.51. The van der Waals surface area contributed by atoms with Crippen LogP contribution in [-0.2, 0) is 13.0 Å². The third-order valence-electron chi connectivity index (χ3n) is 3.39. The molecular weight excluding hydrogens is 204 g/mol. The second-order valence-corrected chi connectivity index (χ2v) is 4.49. The van der Waals surface area contributed by atoms with Crippen LogP contribution in [0.25, 0.3) is 0 Å². The lowest BCUT2D eigenvalue weighted by molar-refractivity contribution is 0.0682. The van der Waals surface area contributed by atoms with Crippen molar-refractivity contribution in [1.29, 1.82) is 0 Å². The molecule has 0 radical (unpaired) electrons. The second-order valence-electron chi connectivity index (χ2n) is 4.49. The fourth-order valence-corrected chi connectivity index (χ4v) is 2.27. The molecule has 1 aromatic rings. The van der Waals surface area contributed by atoms with Gasteiger partial charge in [-0.25, -0.2) is 9.78 Å². The lowest BCUT2D eigenvalue weighted by Gasteiger charge is -2.14. The molecule has 0 bridgehead atoms. The third-order valence-corrected chi connectivity index (χ3v) is 3.39. The van der Waals surface area contributed by atoms with Gasteiger partial charge in [-0.15, -0.1) is 0 Å². The third kappa shape index (κ3) is 1.72. The highest BCUT2D eigenvalue weighted by Crippen LogP contribution is 2.26. The molecule has 0 spiro atoms. The molecule has 0 unspecified atom stereocenters. The van der Waals surface area contributed by atoms with Crippen molar-refractivity contribution in [2.24, 2.45) is 0 Å². The second kappa shape index (κ2) is 4.28. The lowest BCUT2D eigenvalue weighted by Crippen LogP contribution is -2.16. The van der Waals surface area contributed by atoms with E-state index in [1.54, 1.807) is 0 Å². The van der Waals surface area contributed by atoms with Gasteiger partial charge >= 0.3 is 5.97 Å². The van der Waals surface area contributed by atoms with E-state index in [9.17, 15) is 9.90 Å². The van der Waals surface area contributed by atoms with Crippen LogP contribution in [0.4, 0.5) is 0 Å². The minimum absolute atomic E-state index is 0.226. The number of aromatic nitrogens is 2. The van der Waals surface area contributed by atoms with Gasteiger partial charge in [0.25, 0.3) is 0 Å². The summed E-state index contributed by atoms with van der Waals surface area (Å²) in [5, 5.41) is 9.29. The zero-order chi connectivity index (χ0) is 11.7. The van der Waals surface area contributed by atoms with Gasteiger partial charge in [0.2, 0.25) is 0 Å². The number of aromatic carboxylic acids is 1. The Morgan fingerprint density at radius 1 is 1.56 bits per heavy atom. The molecule has 0 aromatic carbocycles. The van der Waals surface area contributed by atoms with E-state index < -0.39 is 5.97 Å². The Labute approximate surface area is 95.3 Å². The summed E-state index contributed by atoms with van der Waals surface area (Å²) in [4.78, 5) is 15.8. The van der Waals surface area contributed by atoms with Crippen molar-refractivity contribution in [3.8, 4) is 0 Å². The van der Waals surface area contributed by atoms with Crippen molar-refractivity contribution >= 4 is 5.97 Å². The molecule has 2 heterocycles. The summed E-state index contributed by atoms with van der Waals surface area (Å²) < 4.78 is 1.90. The SMILES string of the molecule is CC[C@@H](C)c1nc2n(c1C(=O)O)CCCC2. The predicted molar refractivity (Wildman–Crippen MR) is 60.8 cm³/mol. The molecule has 0 saturated heterocycles. The van der Waals surface area contributed by atoms with Crippen LogP contribution in [0.15, 0.2) is 0 Å². The minimum atomic E-state index is -0.837. The van der Waals surface area contributed by atoms with Crippen LogP contribution in [-0.4, -0.2) is 20.6 Å².